The van der Waals surface area contributed by atoms with Gasteiger partial charge in [0.2, 0.25) is 0 Å². The normalized spacial score (nSPS) is 22.3. The van der Waals surface area contributed by atoms with Gasteiger partial charge in [-0.15, -0.1) is 0 Å². The van der Waals surface area contributed by atoms with Crippen LogP contribution in [0.5, 0.6) is 0 Å². The molecule has 0 aromatic rings. The average Bonchev–Trinajstić information content (AvgIpc) is 2.51. The standard InChI is InChI=1S/C14H10F3N/c15-14(16,17)13-6-5-11-3-1-10(7-8-18)2-4-12(11)9-13/h1-6,9,11H,7H2. The van der Waals surface area contributed by atoms with Gasteiger partial charge in [-0.3, -0.25) is 0 Å². The summed E-state index contributed by atoms with van der Waals surface area (Å²) in [7, 11) is 0. The maximum atomic E-state index is 12.6. The van der Waals surface area contributed by atoms with Gasteiger partial charge >= 0.3 is 6.18 Å². The van der Waals surface area contributed by atoms with E-state index >= 15 is 0 Å². The summed E-state index contributed by atoms with van der Waals surface area (Å²) in [6.45, 7) is 0. The highest BCUT2D eigenvalue weighted by atomic mass is 19.4. The van der Waals surface area contributed by atoms with Crippen molar-refractivity contribution in [2.75, 3.05) is 0 Å². The Bertz CT molecular complexity index is 536. The molecule has 0 fully saturated rings. The topological polar surface area (TPSA) is 23.8 Å². The van der Waals surface area contributed by atoms with E-state index in [1.165, 1.54) is 6.08 Å². The van der Waals surface area contributed by atoms with Crippen molar-refractivity contribution in [1.82, 2.24) is 0 Å². The fraction of sp³-hybridized carbons (Fsp3) is 0.214. The van der Waals surface area contributed by atoms with Crippen LogP contribution >= 0.6 is 0 Å². The number of hydrogen-bond donors (Lipinski definition) is 0. The maximum Gasteiger partial charge on any atom is 0.416 e. The lowest BCUT2D eigenvalue weighted by molar-refractivity contribution is -0.0884. The Hall–Kier alpha value is -2.02. The number of rotatable bonds is 1. The molecule has 4 heteroatoms. The predicted octanol–water partition coefficient (Wildman–Crippen LogP) is 4.00. The lowest BCUT2D eigenvalue weighted by Crippen LogP contribution is -2.14. The van der Waals surface area contributed by atoms with Crippen LogP contribution < -0.4 is 0 Å². The van der Waals surface area contributed by atoms with Crippen LogP contribution in [0.15, 0.2) is 59.3 Å². The molecule has 1 nitrogen and oxygen atoms in total. The molecule has 0 saturated carbocycles. The molecule has 92 valence electrons. The van der Waals surface area contributed by atoms with Crippen molar-refractivity contribution in [3.8, 4) is 6.07 Å². The molecular weight excluding hydrogens is 239 g/mol. The molecule has 0 saturated heterocycles. The molecule has 0 amide bonds. The maximum absolute atomic E-state index is 12.6. The quantitative estimate of drug-likeness (QED) is 0.689. The van der Waals surface area contributed by atoms with Crippen molar-refractivity contribution >= 4 is 0 Å². The molecule has 0 N–H and O–H groups in total. The van der Waals surface area contributed by atoms with E-state index in [1.807, 2.05) is 12.1 Å². The Balaban J connectivity index is 2.33. The van der Waals surface area contributed by atoms with E-state index in [0.29, 0.717) is 5.57 Å². The fourth-order valence-electron chi connectivity index (χ4n) is 1.85. The molecule has 0 aliphatic heterocycles. The Morgan fingerprint density at radius 3 is 2.56 bits per heavy atom. The van der Waals surface area contributed by atoms with E-state index in [4.69, 9.17) is 5.26 Å². The van der Waals surface area contributed by atoms with Crippen LogP contribution in [0.3, 0.4) is 0 Å². The Morgan fingerprint density at radius 1 is 1.17 bits per heavy atom. The third-order valence-corrected chi connectivity index (χ3v) is 2.81. The molecule has 0 heterocycles. The van der Waals surface area contributed by atoms with Gasteiger partial charge in [0, 0.05) is 5.92 Å². The summed E-state index contributed by atoms with van der Waals surface area (Å²) in [5.41, 5.74) is 0.749. The first kappa shape index (κ1) is 12.4. The lowest BCUT2D eigenvalue weighted by Gasteiger charge is -2.17. The van der Waals surface area contributed by atoms with Gasteiger partial charge in [-0.2, -0.15) is 18.4 Å². The van der Waals surface area contributed by atoms with E-state index in [0.717, 1.165) is 17.7 Å². The molecule has 1 unspecified atom stereocenters. The minimum absolute atomic E-state index is 0.149. The summed E-state index contributed by atoms with van der Waals surface area (Å²) in [4.78, 5) is 0. The first-order valence-electron chi connectivity index (χ1n) is 5.44. The van der Waals surface area contributed by atoms with Crippen molar-refractivity contribution in [2.45, 2.75) is 12.6 Å². The number of hydrogen-bond acceptors (Lipinski definition) is 1. The van der Waals surface area contributed by atoms with Crippen molar-refractivity contribution in [3.63, 3.8) is 0 Å². The fourth-order valence-corrected chi connectivity index (χ4v) is 1.85. The molecule has 0 radical (unpaired) electrons. The molecule has 0 aromatic carbocycles. The Morgan fingerprint density at radius 2 is 1.89 bits per heavy atom. The van der Waals surface area contributed by atoms with Gasteiger partial charge in [0.1, 0.15) is 0 Å². The molecule has 0 spiro atoms. The van der Waals surface area contributed by atoms with Crippen LogP contribution in [-0.4, -0.2) is 6.18 Å². The van der Waals surface area contributed by atoms with Crippen molar-refractivity contribution in [2.24, 2.45) is 5.92 Å². The second kappa shape index (κ2) is 4.69. The minimum Gasteiger partial charge on any atom is -0.198 e. The largest absolute Gasteiger partial charge is 0.416 e. The van der Waals surface area contributed by atoms with E-state index in [2.05, 4.69) is 0 Å². The molecule has 0 bridgehead atoms. The lowest BCUT2D eigenvalue weighted by atomic mass is 9.91. The first-order valence-corrected chi connectivity index (χ1v) is 5.44. The third kappa shape index (κ3) is 2.62. The van der Waals surface area contributed by atoms with Crippen LogP contribution in [0.25, 0.3) is 0 Å². The molecule has 2 aliphatic rings. The highest BCUT2D eigenvalue weighted by Crippen LogP contribution is 2.34. The predicted molar refractivity (Wildman–Crippen MR) is 62.3 cm³/mol. The zero-order valence-corrected chi connectivity index (χ0v) is 9.41. The summed E-state index contributed by atoms with van der Waals surface area (Å²) in [6, 6.07) is 2.02. The summed E-state index contributed by atoms with van der Waals surface area (Å²) < 4.78 is 37.7. The number of nitriles is 1. The SMILES string of the molecule is N#CCC1=CC=C2C=C(C(F)(F)F)C=CC2C=C1. The van der Waals surface area contributed by atoms with Crippen molar-refractivity contribution in [3.05, 3.63) is 59.3 Å². The average molecular weight is 249 g/mol. The second-order valence-electron chi connectivity index (χ2n) is 4.08. The third-order valence-electron chi connectivity index (χ3n) is 2.81. The zero-order chi connectivity index (χ0) is 13.2. The minimum atomic E-state index is -4.32. The number of nitrogens with zero attached hydrogens (tertiary/aromatic N) is 1. The van der Waals surface area contributed by atoms with Crippen LogP contribution in [0.1, 0.15) is 6.42 Å². The highest BCUT2D eigenvalue weighted by molar-refractivity contribution is 5.48. The molecule has 0 aromatic heterocycles. The van der Waals surface area contributed by atoms with E-state index in [9.17, 15) is 13.2 Å². The molecule has 2 aliphatic carbocycles. The van der Waals surface area contributed by atoms with Gasteiger partial charge < -0.3 is 0 Å². The first-order chi connectivity index (χ1) is 8.50. The van der Waals surface area contributed by atoms with Gasteiger partial charge in [-0.1, -0.05) is 36.5 Å². The van der Waals surface area contributed by atoms with Gasteiger partial charge in [-0.25, -0.2) is 0 Å². The van der Waals surface area contributed by atoms with E-state index in [1.54, 1.807) is 18.2 Å². The smallest absolute Gasteiger partial charge is 0.198 e. The zero-order valence-electron chi connectivity index (χ0n) is 9.41. The number of allylic oxidation sites excluding steroid dienone is 10. The van der Waals surface area contributed by atoms with Crippen LogP contribution in [-0.2, 0) is 0 Å². The van der Waals surface area contributed by atoms with E-state index in [-0.39, 0.29) is 12.3 Å². The summed E-state index contributed by atoms with van der Waals surface area (Å²) in [6.07, 6.45) is 6.64. The highest BCUT2D eigenvalue weighted by Gasteiger charge is 2.33. The van der Waals surface area contributed by atoms with Gasteiger partial charge in [-0.05, 0) is 17.2 Å². The molecular formula is C14H10F3N. The van der Waals surface area contributed by atoms with Gasteiger partial charge in [0.15, 0.2) is 0 Å². The molecule has 18 heavy (non-hydrogen) atoms. The second-order valence-corrected chi connectivity index (χ2v) is 4.08. The van der Waals surface area contributed by atoms with Crippen LogP contribution in [0.4, 0.5) is 13.2 Å². The van der Waals surface area contributed by atoms with Crippen LogP contribution in [0, 0.1) is 17.2 Å². The summed E-state index contributed by atoms with van der Waals surface area (Å²) in [5, 5.41) is 8.60. The van der Waals surface area contributed by atoms with E-state index < -0.39 is 11.7 Å². The molecule has 2 rings (SSSR count). The summed E-state index contributed by atoms with van der Waals surface area (Å²) >= 11 is 0. The number of fused-ring (bicyclic) bond motifs is 1. The van der Waals surface area contributed by atoms with Crippen molar-refractivity contribution in [1.29, 1.82) is 5.26 Å². The number of alkyl halides is 3. The van der Waals surface area contributed by atoms with Crippen LogP contribution in [0.2, 0.25) is 0 Å². The number of halogens is 3. The van der Waals surface area contributed by atoms with Gasteiger partial charge in [0.05, 0.1) is 18.1 Å². The van der Waals surface area contributed by atoms with Crippen molar-refractivity contribution < 1.29 is 13.2 Å². The monoisotopic (exact) mass is 249 g/mol. The summed E-state index contributed by atoms with van der Waals surface area (Å²) in [5.74, 6) is -0.149. The molecule has 1 atom stereocenters. The van der Waals surface area contributed by atoms with Gasteiger partial charge in [0.25, 0.3) is 0 Å². The Labute approximate surface area is 103 Å². The Kier molecular flexibility index (Phi) is 3.24.